The summed E-state index contributed by atoms with van der Waals surface area (Å²) in [6.07, 6.45) is 0. The minimum absolute atomic E-state index is 0.384. The third-order valence-corrected chi connectivity index (χ3v) is 0.836. The van der Waals surface area contributed by atoms with E-state index in [9.17, 15) is 4.57 Å². The fourth-order valence-electron chi connectivity index (χ4n) is 0.0544. The first-order valence-electron chi connectivity index (χ1n) is 1.32. The van der Waals surface area contributed by atoms with Crippen molar-refractivity contribution in [2.45, 2.75) is 0 Å². The largest absolute Gasteiger partial charge is 0.344 e. The van der Waals surface area contributed by atoms with E-state index in [0.717, 1.165) is 0 Å². The van der Waals surface area contributed by atoms with Crippen LogP contribution in [0.5, 0.6) is 0 Å². The zero-order valence-corrected chi connectivity index (χ0v) is 4.34. The van der Waals surface area contributed by atoms with Gasteiger partial charge in [0.2, 0.25) is 0 Å². The van der Waals surface area contributed by atoms with Gasteiger partial charge in [-0.15, -0.1) is 0 Å². The number of hydrogen-bond donors (Lipinski definition) is 3. The predicted molar refractivity (Wildman–Crippen MR) is 23.1 cm³/mol. The molecule has 1 radical (unpaired) electrons. The molecule has 0 spiro atoms. The highest BCUT2D eigenvalue weighted by Gasteiger charge is 1.99. The molecule has 0 aliphatic rings. The summed E-state index contributed by atoms with van der Waals surface area (Å²) in [5.74, 6) is 13.7. The molecule has 0 bridgehead atoms. The van der Waals surface area contributed by atoms with Crippen LogP contribution in [0.2, 0.25) is 0 Å². The summed E-state index contributed by atoms with van der Waals surface area (Å²) in [4.78, 5) is 0.384. The smallest absolute Gasteiger partial charge is 0.243 e. The van der Waals surface area contributed by atoms with E-state index >= 15 is 0 Å². The van der Waals surface area contributed by atoms with Gasteiger partial charge in [0.1, 0.15) is 0 Å². The van der Waals surface area contributed by atoms with Gasteiger partial charge in [-0.3, -0.25) is 0 Å². The molecule has 0 saturated carbocycles. The summed E-state index contributed by atoms with van der Waals surface area (Å²) < 4.78 is 13.7. The lowest BCUT2D eigenvalue weighted by Gasteiger charge is -2.01. The Labute approximate surface area is 41.0 Å². The lowest BCUT2D eigenvalue weighted by atomic mass is 12.6. The Kier molecular flexibility index (Phi) is 2.93. The summed E-state index contributed by atoms with van der Waals surface area (Å²) in [6, 6.07) is 0. The minimum Gasteiger partial charge on any atom is -0.243 e. The molecule has 6 nitrogen and oxygen atoms in total. The third kappa shape index (κ3) is 2.58. The van der Waals surface area contributed by atoms with Gasteiger partial charge >= 0.3 is 8.18 Å². The van der Waals surface area contributed by atoms with Crippen molar-refractivity contribution in [2.75, 3.05) is 0 Å². The van der Waals surface area contributed by atoms with Crippen molar-refractivity contribution in [1.29, 1.82) is 0 Å². The van der Waals surface area contributed by atoms with Gasteiger partial charge in [-0.1, -0.05) is 4.89 Å². The molecule has 0 aromatic rings. The molecule has 0 saturated heterocycles. The van der Waals surface area contributed by atoms with Crippen LogP contribution in [0.15, 0.2) is 0 Å². The molecule has 0 aliphatic carbocycles. The van der Waals surface area contributed by atoms with Gasteiger partial charge in [-0.25, -0.2) is 26.8 Å². The molecule has 7 heavy (non-hydrogen) atoms. The quantitative estimate of drug-likeness (QED) is 0.237. The Morgan fingerprint density at radius 3 is 2.00 bits per heavy atom. The monoisotopic (exact) mass is 125 g/mol. The number of rotatable bonds is 2. The van der Waals surface area contributed by atoms with Gasteiger partial charge in [0.25, 0.3) is 0 Å². The van der Waals surface area contributed by atoms with Crippen molar-refractivity contribution in [3.8, 4) is 0 Å². The Morgan fingerprint density at radius 1 is 1.57 bits per heavy atom. The summed E-state index contributed by atoms with van der Waals surface area (Å²) in [7, 11) is -2.22. The van der Waals surface area contributed by atoms with Crippen LogP contribution in [0.25, 0.3) is 0 Å². The molecule has 7 heteroatoms. The minimum atomic E-state index is -2.22. The normalized spacial score (nSPS) is 12.3. The van der Waals surface area contributed by atoms with E-state index in [1.165, 1.54) is 0 Å². The molecular weight excluding hydrogens is 119 g/mol. The van der Waals surface area contributed by atoms with Crippen LogP contribution in [-0.2, 0) is 9.19 Å². The third-order valence-electron chi connectivity index (χ3n) is 0.279. The first-order valence-corrected chi connectivity index (χ1v) is 2.45. The van der Waals surface area contributed by atoms with Gasteiger partial charge < -0.3 is 0 Å². The lowest BCUT2D eigenvalue weighted by Crippen LogP contribution is -2.31. The standard InChI is InChI=1S/H6N4O2P/c1-4(2)7(5)6-3/h1-3H2. The van der Waals surface area contributed by atoms with Crippen LogP contribution in [0.3, 0.4) is 0 Å². The zero-order chi connectivity index (χ0) is 5.86. The van der Waals surface area contributed by atoms with Crippen molar-refractivity contribution in [1.82, 2.24) is 4.89 Å². The highest BCUT2D eigenvalue weighted by molar-refractivity contribution is 7.36. The topological polar surface area (TPSA) is 108 Å². The molecule has 0 aliphatic heterocycles. The van der Waals surface area contributed by atoms with Crippen LogP contribution in [0.1, 0.15) is 0 Å². The van der Waals surface area contributed by atoms with Gasteiger partial charge in [0.15, 0.2) is 0 Å². The van der Waals surface area contributed by atoms with Crippen molar-refractivity contribution in [3.63, 3.8) is 0 Å². The maximum atomic E-state index is 9.99. The summed E-state index contributed by atoms with van der Waals surface area (Å²) >= 11 is 0. The molecule has 0 fully saturated rings. The van der Waals surface area contributed by atoms with Crippen LogP contribution in [0.4, 0.5) is 0 Å². The Bertz CT molecular complexity index is 70.1. The summed E-state index contributed by atoms with van der Waals surface area (Å²) in [5.41, 5.74) is 0. The van der Waals surface area contributed by atoms with Crippen molar-refractivity contribution < 1.29 is 9.19 Å². The Hall–Kier alpha value is -0.100. The number of nitrogens with two attached hydrogens (primary N) is 3. The van der Waals surface area contributed by atoms with Crippen molar-refractivity contribution in [3.05, 3.63) is 0 Å². The lowest BCUT2D eigenvalue weighted by molar-refractivity contribution is 0.292. The predicted octanol–water partition coefficient (Wildman–Crippen LogP) is -1.42. The van der Waals surface area contributed by atoms with E-state index in [2.05, 4.69) is 22.2 Å². The molecule has 0 amide bonds. The molecule has 0 aromatic carbocycles. The van der Waals surface area contributed by atoms with E-state index in [1.807, 2.05) is 0 Å². The van der Waals surface area contributed by atoms with Crippen molar-refractivity contribution in [2.24, 2.45) is 17.6 Å². The Balaban J connectivity index is 3.35. The van der Waals surface area contributed by atoms with E-state index < -0.39 is 8.18 Å². The molecule has 0 rings (SSSR count). The number of hydrazine groups is 2. The fourth-order valence-corrected chi connectivity index (χ4v) is 0.163. The van der Waals surface area contributed by atoms with E-state index in [-0.39, 0.29) is 0 Å². The van der Waals surface area contributed by atoms with Crippen molar-refractivity contribution >= 4 is 8.18 Å². The van der Waals surface area contributed by atoms with Gasteiger partial charge in [-0.2, -0.15) is 0 Å². The molecular formula is H6N4O2P. The first-order chi connectivity index (χ1) is 3.18. The zero-order valence-electron chi connectivity index (χ0n) is 3.44. The Morgan fingerprint density at radius 2 is 2.00 bits per heavy atom. The average molecular weight is 125 g/mol. The van der Waals surface area contributed by atoms with Gasteiger partial charge in [-0.05, 0) is 0 Å². The highest BCUT2D eigenvalue weighted by Crippen LogP contribution is 2.15. The molecule has 6 N–H and O–H groups in total. The summed E-state index contributed by atoms with van der Waals surface area (Å²) in [6.45, 7) is 0. The van der Waals surface area contributed by atoms with Gasteiger partial charge in [0, 0.05) is 0 Å². The van der Waals surface area contributed by atoms with E-state index in [1.54, 1.807) is 0 Å². The number of hydrogen-bond acceptors (Lipinski definition) is 5. The molecule has 1 unspecified atom stereocenters. The second-order valence-corrected chi connectivity index (χ2v) is 1.87. The second-order valence-electron chi connectivity index (χ2n) is 0.723. The average Bonchev–Trinajstić information content (AvgIpc) is 1.65. The summed E-state index contributed by atoms with van der Waals surface area (Å²) in [5, 5.41) is 0. The molecule has 1 atom stereocenters. The maximum absolute atomic E-state index is 9.99. The maximum Gasteiger partial charge on any atom is 0.344 e. The molecule has 43 valence electrons. The first kappa shape index (κ1) is 6.90. The highest BCUT2D eigenvalue weighted by atomic mass is 31.1. The number of nitrogens with zero attached hydrogens (tertiary/aromatic N) is 1. The fraction of sp³-hybridized carbons (Fsp3) is 0. The second kappa shape index (κ2) is 2.98. The van der Waals surface area contributed by atoms with Crippen LogP contribution in [-0.4, -0.2) is 4.89 Å². The molecule has 0 aromatic heterocycles. The van der Waals surface area contributed by atoms with Crippen LogP contribution >= 0.6 is 8.18 Å². The van der Waals surface area contributed by atoms with Crippen LogP contribution < -0.4 is 17.6 Å². The van der Waals surface area contributed by atoms with Crippen LogP contribution in [0, 0.1) is 0 Å². The van der Waals surface area contributed by atoms with E-state index in [0.29, 0.717) is 4.89 Å². The SMILES string of the molecule is NO[P](=O)N(N)N. The van der Waals surface area contributed by atoms with E-state index in [4.69, 9.17) is 0 Å². The van der Waals surface area contributed by atoms with Gasteiger partial charge in [0.05, 0.1) is 0 Å². The molecule has 0 heterocycles.